The normalized spacial score (nSPS) is 11.0. The average molecular weight is 243 g/mol. The zero-order valence-electron chi connectivity index (χ0n) is 10.2. The molecule has 0 aliphatic carbocycles. The molecular formula is C11H13N7. The summed E-state index contributed by atoms with van der Waals surface area (Å²) in [5.74, 6) is 1.42. The first-order valence-corrected chi connectivity index (χ1v) is 5.62. The van der Waals surface area contributed by atoms with Crippen LogP contribution in [0.1, 0.15) is 11.4 Å². The van der Waals surface area contributed by atoms with E-state index in [-0.39, 0.29) is 0 Å². The van der Waals surface area contributed by atoms with E-state index in [0.29, 0.717) is 12.5 Å². The van der Waals surface area contributed by atoms with Gasteiger partial charge in [-0.05, 0) is 18.6 Å². The molecule has 0 saturated heterocycles. The van der Waals surface area contributed by atoms with Gasteiger partial charge < -0.3 is 9.88 Å². The van der Waals surface area contributed by atoms with Crippen molar-refractivity contribution in [1.29, 1.82) is 0 Å². The molecule has 0 unspecified atom stereocenters. The molecule has 0 fully saturated rings. The molecule has 0 aromatic carbocycles. The Morgan fingerprint density at radius 1 is 1.33 bits per heavy atom. The number of pyridine rings is 1. The summed E-state index contributed by atoms with van der Waals surface area (Å²) < 4.78 is 3.61. The highest BCUT2D eigenvalue weighted by Gasteiger charge is 2.05. The standard InChI is InChI=1S/C11H13N7/c1-8-3-4-9-14-11(16-18(9)6-8)12-5-10-15-13-7-17(10)2/h3-4,6-7H,5H2,1-2H3,(H,12,16). The fourth-order valence-electron chi connectivity index (χ4n) is 1.69. The molecule has 1 N–H and O–H groups in total. The zero-order valence-corrected chi connectivity index (χ0v) is 10.2. The van der Waals surface area contributed by atoms with Crippen LogP contribution in [0, 0.1) is 6.92 Å². The molecule has 7 nitrogen and oxygen atoms in total. The molecule has 0 aliphatic rings. The molecule has 3 heterocycles. The lowest BCUT2D eigenvalue weighted by molar-refractivity contribution is 0.806. The van der Waals surface area contributed by atoms with Crippen molar-refractivity contribution in [2.45, 2.75) is 13.5 Å². The molecule has 0 bridgehead atoms. The Morgan fingerprint density at radius 2 is 2.22 bits per heavy atom. The van der Waals surface area contributed by atoms with Crippen molar-refractivity contribution in [3.63, 3.8) is 0 Å². The number of aryl methyl sites for hydroxylation is 2. The van der Waals surface area contributed by atoms with Crippen molar-refractivity contribution in [3.8, 4) is 0 Å². The van der Waals surface area contributed by atoms with Crippen LogP contribution >= 0.6 is 0 Å². The molecule has 3 aromatic rings. The summed E-state index contributed by atoms with van der Waals surface area (Å²) in [5.41, 5.74) is 1.97. The third kappa shape index (κ3) is 1.90. The first kappa shape index (κ1) is 10.7. The number of anilines is 1. The minimum atomic E-state index is 0.548. The van der Waals surface area contributed by atoms with Crippen molar-refractivity contribution in [1.82, 2.24) is 29.4 Å². The summed E-state index contributed by atoms with van der Waals surface area (Å²) >= 11 is 0. The van der Waals surface area contributed by atoms with Gasteiger partial charge in [0, 0.05) is 13.2 Å². The van der Waals surface area contributed by atoms with Gasteiger partial charge in [0.05, 0.1) is 6.54 Å². The van der Waals surface area contributed by atoms with Gasteiger partial charge in [0.25, 0.3) is 0 Å². The van der Waals surface area contributed by atoms with Crippen LogP contribution < -0.4 is 5.32 Å². The summed E-state index contributed by atoms with van der Waals surface area (Å²) in [4.78, 5) is 4.37. The van der Waals surface area contributed by atoms with Crippen LogP contribution in [-0.4, -0.2) is 29.4 Å². The van der Waals surface area contributed by atoms with Crippen molar-refractivity contribution < 1.29 is 0 Å². The maximum Gasteiger partial charge on any atom is 0.243 e. The Balaban J connectivity index is 1.81. The summed E-state index contributed by atoms with van der Waals surface area (Å²) in [5, 5.41) is 15.3. The molecule has 92 valence electrons. The number of nitrogens with one attached hydrogen (secondary N) is 1. The second-order valence-corrected chi connectivity index (χ2v) is 4.16. The second-order valence-electron chi connectivity index (χ2n) is 4.16. The van der Waals surface area contributed by atoms with Crippen LogP contribution in [0.15, 0.2) is 24.7 Å². The molecular weight excluding hydrogens is 230 g/mol. The van der Waals surface area contributed by atoms with Crippen LogP contribution in [-0.2, 0) is 13.6 Å². The van der Waals surface area contributed by atoms with Gasteiger partial charge in [-0.15, -0.1) is 15.3 Å². The molecule has 3 aromatic heterocycles. The molecule has 0 radical (unpaired) electrons. The Bertz CT molecular complexity index is 682. The highest BCUT2D eigenvalue weighted by atomic mass is 15.4. The number of nitrogens with zero attached hydrogens (tertiary/aromatic N) is 6. The fraction of sp³-hybridized carbons (Fsp3) is 0.273. The van der Waals surface area contributed by atoms with Gasteiger partial charge in [0.15, 0.2) is 11.5 Å². The maximum absolute atomic E-state index is 4.37. The molecule has 0 amide bonds. The zero-order chi connectivity index (χ0) is 12.5. The van der Waals surface area contributed by atoms with Crippen molar-refractivity contribution in [3.05, 3.63) is 36.0 Å². The van der Waals surface area contributed by atoms with Gasteiger partial charge >= 0.3 is 0 Å². The van der Waals surface area contributed by atoms with E-state index < -0.39 is 0 Å². The van der Waals surface area contributed by atoms with E-state index in [0.717, 1.165) is 17.0 Å². The molecule has 0 spiro atoms. The number of aromatic nitrogens is 6. The molecule has 3 rings (SSSR count). The Hall–Kier alpha value is -2.44. The highest BCUT2D eigenvalue weighted by molar-refractivity contribution is 5.44. The quantitative estimate of drug-likeness (QED) is 0.736. The van der Waals surface area contributed by atoms with Gasteiger partial charge in [0.1, 0.15) is 6.33 Å². The maximum atomic E-state index is 4.37. The monoisotopic (exact) mass is 243 g/mol. The lowest BCUT2D eigenvalue weighted by Gasteiger charge is -1.99. The third-order valence-electron chi connectivity index (χ3n) is 2.69. The minimum Gasteiger partial charge on any atom is -0.346 e. The fourth-order valence-corrected chi connectivity index (χ4v) is 1.69. The van der Waals surface area contributed by atoms with Crippen LogP contribution in [0.25, 0.3) is 5.65 Å². The summed E-state index contributed by atoms with van der Waals surface area (Å²) in [6, 6.07) is 3.95. The molecule has 7 heteroatoms. The number of fused-ring (bicyclic) bond motifs is 1. The SMILES string of the molecule is Cc1ccc2nc(NCc3nncn3C)nn2c1. The topological polar surface area (TPSA) is 72.9 Å². The summed E-state index contributed by atoms with van der Waals surface area (Å²) in [7, 11) is 1.90. The summed E-state index contributed by atoms with van der Waals surface area (Å²) in [6.45, 7) is 2.57. The van der Waals surface area contributed by atoms with Gasteiger partial charge in [-0.1, -0.05) is 6.07 Å². The lowest BCUT2D eigenvalue weighted by atomic mass is 10.3. The third-order valence-corrected chi connectivity index (χ3v) is 2.69. The molecule has 0 aliphatic heterocycles. The largest absolute Gasteiger partial charge is 0.346 e. The average Bonchev–Trinajstić information content (AvgIpc) is 2.92. The first-order valence-electron chi connectivity index (χ1n) is 5.62. The van der Waals surface area contributed by atoms with E-state index >= 15 is 0 Å². The lowest BCUT2D eigenvalue weighted by Crippen LogP contribution is -2.06. The van der Waals surface area contributed by atoms with Crippen molar-refractivity contribution in [2.75, 3.05) is 5.32 Å². The van der Waals surface area contributed by atoms with E-state index in [1.165, 1.54) is 0 Å². The van der Waals surface area contributed by atoms with E-state index in [1.807, 2.05) is 36.9 Å². The number of hydrogen-bond acceptors (Lipinski definition) is 5. The van der Waals surface area contributed by atoms with E-state index in [9.17, 15) is 0 Å². The van der Waals surface area contributed by atoms with E-state index in [2.05, 4.69) is 25.6 Å². The van der Waals surface area contributed by atoms with Crippen LogP contribution in [0.2, 0.25) is 0 Å². The van der Waals surface area contributed by atoms with E-state index in [1.54, 1.807) is 10.8 Å². The Morgan fingerprint density at radius 3 is 3.00 bits per heavy atom. The molecule has 0 atom stereocenters. The van der Waals surface area contributed by atoms with E-state index in [4.69, 9.17) is 0 Å². The van der Waals surface area contributed by atoms with Gasteiger partial charge in [-0.3, -0.25) is 0 Å². The smallest absolute Gasteiger partial charge is 0.243 e. The van der Waals surface area contributed by atoms with Crippen LogP contribution in [0.3, 0.4) is 0 Å². The number of hydrogen-bond donors (Lipinski definition) is 1. The summed E-state index contributed by atoms with van der Waals surface area (Å²) in [6.07, 6.45) is 3.60. The van der Waals surface area contributed by atoms with Crippen LogP contribution in [0.4, 0.5) is 5.95 Å². The molecule has 0 saturated carbocycles. The minimum absolute atomic E-state index is 0.548. The van der Waals surface area contributed by atoms with Crippen molar-refractivity contribution in [2.24, 2.45) is 7.05 Å². The van der Waals surface area contributed by atoms with Crippen LogP contribution in [0.5, 0.6) is 0 Å². The van der Waals surface area contributed by atoms with Crippen molar-refractivity contribution >= 4 is 11.6 Å². The second kappa shape index (κ2) is 4.10. The Labute approximate surface area is 103 Å². The van der Waals surface area contributed by atoms with Gasteiger partial charge in [-0.25, -0.2) is 4.52 Å². The predicted molar refractivity (Wildman–Crippen MR) is 66.1 cm³/mol. The Kier molecular flexibility index (Phi) is 2.44. The molecule has 18 heavy (non-hydrogen) atoms. The predicted octanol–water partition coefficient (Wildman–Crippen LogP) is 0.778. The first-order chi connectivity index (χ1) is 8.72. The number of rotatable bonds is 3. The van der Waals surface area contributed by atoms with Gasteiger partial charge in [0.2, 0.25) is 5.95 Å². The van der Waals surface area contributed by atoms with Gasteiger partial charge in [-0.2, -0.15) is 4.98 Å². The highest BCUT2D eigenvalue weighted by Crippen LogP contribution is 2.07.